The standard InChI is InChI=1S/C12H12FN3OS/c13-9-3-1-8(2-4-9)5-6-15-11(17)10-7-18-12(14)16-10/h1-4,7H,5-6H2,(H2,14,16)(H,15,17). The number of benzene rings is 1. The van der Waals surface area contributed by atoms with Crippen LogP contribution in [0.15, 0.2) is 29.6 Å². The summed E-state index contributed by atoms with van der Waals surface area (Å²) in [4.78, 5) is 15.5. The maximum absolute atomic E-state index is 12.7. The second-order valence-electron chi connectivity index (χ2n) is 3.70. The van der Waals surface area contributed by atoms with Crippen molar-refractivity contribution in [3.05, 3.63) is 46.7 Å². The Balaban J connectivity index is 1.82. The molecule has 18 heavy (non-hydrogen) atoms. The Morgan fingerprint density at radius 2 is 2.11 bits per heavy atom. The first-order valence-electron chi connectivity index (χ1n) is 5.39. The first kappa shape index (κ1) is 12.5. The van der Waals surface area contributed by atoms with Crippen LogP contribution in [0, 0.1) is 5.82 Å². The van der Waals surface area contributed by atoms with Crippen molar-refractivity contribution in [2.75, 3.05) is 12.3 Å². The van der Waals surface area contributed by atoms with Crippen molar-refractivity contribution >= 4 is 22.4 Å². The summed E-state index contributed by atoms with van der Waals surface area (Å²) < 4.78 is 12.7. The van der Waals surface area contributed by atoms with Crippen LogP contribution in [0.1, 0.15) is 16.1 Å². The summed E-state index contributed by atoms with van der Waals surface area (Å²) in [6, 6.07) is 6.20. The number of rotatable bonds is 4. The molecule has 94 valence electrons. The Hall–Kier alpha value is -1.95. The van der Waals surface area contributed by atoms with Crippen molar-refractivity contribution in [1.82, 2.24) is 10.3 Å². The van der Waals surface area contributed by atoms with E-state index in [0.717, 1.165) is 5.56 Å². The molecule has 0 radical (unpaired) electrons. The first-order chi connectivity index (χ1) is 8.65. The van der Waals surface area contributed by atoms with Gasteiger partial charge in [-0.15, -0.1) is 11.3 Å². The summed E-state index contributed by atoms with van der Waals surface area (Å²) in [5.74, 6) is -0.509. The van der Waals surface area contributed by atoms with Gasteiger partial charge in [-0.1, -0.05) is 12.1 Å². The Bertz CT molecular complexity index is 539. The van der Waals surface area contributed by atoms with E-state index in [1.807, 2.05) is 0 Å². The smallest absolute Gasteiger partial charge is 0.270 e. The van der Waals surface area contributed by atoms with Crippen molar-refractivity contribution in [1.29, 1.82) is 0 Å². The molecule has 3 N–H and O–H groups in total. The zero-order valence-electron chi connectivity index (χ0n) is 9.52. The van der Waals surface area contributed by atoms with E-state index < -0.39 is 0 Å². The second kappa shape index (κ2) is 5.59. The van der Waals surface area contributed by atoms with Crippen LogP contribution in [0.5, 0.6) is 0 Å². The van der Waals surface area contributed by atoms with E-state index in [9.17, 15) is 9.18 Å². The van der Waals surface area contributed by atoms with Gasteiger partial charge in [-0.25, -0.2) is 9.37 Å². The molecule has 1 heterocycles. The van der Waals surface area contributed by atoms with Crippen LogP contribution in [-0.4, -0.2) is 17.4 Å². The number of thiazole rings is 1. The number of nitrogen functional groups attached to an aromatic ring is 1. The largest absolute Gasteiger partial charge is 0.375 e. The maximum atomic E-state index is 12.7. The highest BCUT2D eigenvalue weighted by Gasteiger charge is 2.08. The third-order valence-corrected chi connectivity index (χ3v) is 3.04. The molecule has 2 aromatic rings. The lowest BCUT2D eigenvalue weighted by Gasteiger charge is -2.03. The van der Waals surface area contributed by atoms with Crippen LogP contribution in [0.3, 0.4) is 0 Å². The second-order valence-corrected chi connectivity index (χ2v) is 4.59. The SMILES string of the molecule is Nc1nc(C(=O)NCCc2ccc(F)cc2)cs1. The number of carbonyl (C=O) groups excluding carboxylic acids is 1. The molecule has 4 nitrogen and oxygen atoms in total. The minimum absolute atomic E-state index is 0.245. The van der Waals surface area contributed by atoms with Crippen LogP contribution in [-0.2, 0) is 6.42 Å². The molecular weight excluding hydrogens is 253 g/mol. The molecule has 0 aliphatic heterocycles. The van der Waals surface area contributed by atoms with Crippen LogP contribution < -0.4 is 11.1 Å². The fraction of sp³-hybridized carbons (Fsp3) is 0.167. The van der Waals surface area contributed by atoms with Gasteiger partial charge in [0, 0.05) is 11.9 Å². The predicted molar refractivity (Wildman–Crippen MR) is 69.0 cm³/mol. The van der Waals surface area contributed by atoms with Crippen LogP contribution in [0.4, 0.5) is 9.52 Å². The highest BCUT2D eigenvalue weighted by atomic mass is 32.1. The van der Waals surface area contributed by atoms with Gasteiger partial charge in [0.05, 0.1) is 0 Å². The number of anilines is 1. The summed E-state index contributed by atoms with van der Waals surface area (Å²) in [7, 11) is 0. The number of carbonyl (C=O) groups is 1. The first-order valence-corrected chi connectivity index (χ1v) is 6.27. The lowest BCUT2D eigenvalue weighted by Crippen LogP contribution is -2.26. The van der Waals surface area contributed by atoms with Crippen molar-refractivity contribution in [2.24, 2.45) is 0 Å². The van der Waals surface area contributed by atoms with Gasteiger partial charge in [-0.3, -0.25) is 4.79 Å². The van der Waals surface area contributed by atoms with Gasteiger partial charge in [0.25, 0.3) is 5.91 Å². The number of aromatic nitrogens is 1. The zero-order valence-corrected chi connectivity index (χ0v) is 10.3. The number of nitrogens with zero attached hydrogens (tertiary/aromatic N) is 1. The minimum atomic E-state index is -0.263. The molecule has 0 aliphatic carbocycles. The molecule has 2 rings (SSSR count). The summed E-state index contributed by atoms with van der Waals surface area (Å²) in [5, 5.41) is 4.72. The van der Waals surface area contributed by atoms with Crippen LogP contribution in [0.25, 0.3) is 0 Å². The fourth-order valence-electron chi connectivity index (χ4n) is 1.45. The number of nitrogens with two attached hydrogens (primary N) is 1. The summed E-state index contributed by atoms with van der Waals surface area (Å²) in [5.41, 5.74) is 6.74. The number of hydrogen-bond acceptors (Lipinski definition) is 4. The third kappa shape index (κ3) is 3.27. The molecule has 6 heteroatoms. The number of nitrogens with one attached hydrogen (secondary N) is 1. The molecular formula is C12H12FN3OS. The zero-order chi connectivity index (χ0) is 13.0. The van der Waals surface area contributed by atoms with Gasteiger partial charge in [0.2, 0.25) is 0 Å². The molecule has 0 bridgehead atoms. The molecule has 0 aliphatic rings. The van der Waals surface area contributed by atoms with Gasteiger partial charge in [0.15, 0.2) is 5.13 Å². The normalized spacial score (nSPS) is 10.3. The van der Waals surface area contributed by atoms with Crippen LogP contribution in [0.2, 0.25) is 0 Å². The molecule has 1 amide bonds. The van der Waals surface area contributed by atoms with E-state index in [1.54, 1.807) is 17.5 Å². The van der Waals surface area contributed by atoms with E-state index >= 15 is 0 Å². The van der Waals surface area contributed by atoms with E-state index in [4.69, 9.17) is 5.73 Å². The Morgan fingerprint density at radius 1 is 1.39 bits per heavy atom. The molecule has 0 spiro atoms. The van der Waals surface area contributed by atoms with Gasteiger partial charge < -0.3 is 11.1 Å². The predicted octanol–water partition coefficient (Wildman–Crippen LogP) is 1.84. The maximum Gasteiger partial charge on any atom is 0.270 e. The Morgan fingerprint density at radius 3 is 2.72 bits per heavy atom. The average molecular weight is 265 g/mol. The summed E-state index contributed by atoms with van der Waals surface area (Å²) >= 11 is 1.23. The van der Waals surface area contributed by atoms with Crippen molar-refractivity contribution < 1.29 is 9.18 Å². The minimum Gasteiger partial charge on any atom is -0.375 e. The highest BCUT2D eigenvalue weighted by Crippen LogP contribution is 2.10. The Kier molecular flexibility index (Phi) is 3.88. The van der Waals surface area contributed by atoms with Gasteiger partial charge >= 0.3 is 0 Å². The number of hydrogen-bond donors (Lipinski definition) is 2. The third-order valence-electron chi connectivity index (χ3n) is 2.37. The summed E-state index contributed by atoms with van der Waals surface area (Å²) in [6.45, 7) is 0.474. The monoisotopic (exact) mass is 265 g/mol. The van der Waals surface area contributed by atoms with E-state index in [2.05, 4.69) is 10.3 Å². The fourth-order valence-corrected chi connectivity index (χ4v) is 2.00. The van der Waals surface area contributed by atoms with Crippen molar-refractivity contribution in [3.63, 3.8) is 0 Å². The van der Waals surface area contributed by atoms with E-state index in [-0.39, 0.29) is 11.7 Å². The molecule has 0 saturated heterocycles. The van der Waals surface area contributed by atoms with Gasteiger partial charge in [-0.2, -0.15) is 0 Å². The molecule has 0 atom stereocenters. The van der Waals surface area contributed by atoms with E-state index in [1.165, 1.54) is 23.5 Å². The molecule has 0 saturated carbocycles. The molecule has 1 aromatic carbocycles. The van der Waals surface area contributed by atoms with Crippen molar-refractivity contribution in [3.8, 4) is 0 Å². The average Bonchev–Trinajstić information content (AvgIpc) is 2.78. The van der Waals surface area contributed by atoms with E-state index in [0.29, 0.717) is 23.8 Å². The van der Waals surface area contributed by atoms with Gasteiger partial charge in [0.1, 0.15) is 11.5 Å². The number of amides is 1. The topological polar surface area (TPSA) is 68.0 Å². The summed E-state index contributed by atoms with van der Waals surface area (Å²) in [6.07, 6.45) is 0.644. The quantitative estimate of drug-likeness (QED) is 0.886. The molecule has 1 aromatic heterocycles. The van der Waals surface area contributed by atoms with Crippen molar-refractivity contribution in [2.45, 2.75) is 6.42 Å². The van der Waals surface area contributed by atoms with Crippen LogP contribution >= 0.6 is 11.3 Å². The van der Waals surface area contributed by atoms with Gasteiger partial charge in [-0.05, 0) is 24.1 Å². The lowest BCUT2D eigenvalue weighted by molar-refractivity contribution is 0.0950. The molecule has 0 unspecified atom stereocenters. The molecule has 0 fully saturated rings. The lowest BCUT2D eigenvalue weighted by atomic mass is 10.1. The highest BCUT2D eigenvalue weighted by molar-refractivity contribution is 7.13. The number of halogens is 1. The Labute approximate surface area is 108 Å².